The van der Waals surface area contributed by atoms with Gasteiger partial charge in [-0.2, -0.15) is 0 Å². The first-order chi connectivity index (χ1) is 14.2. The van der Waals surface area contributed by atoms with Crippen LogP contribution in [-0.2, 0) is 10.5 Å². The maximum Gasteiger partial charge on any atom is 0.226 e. The Morgan fingerprint density at radius 1 is 1.03 bits per heavy atom. The Morgan fingerprint density at radius 3 is 2.52 bits per heavy atom. The van der Waals surface area contributed by atoms with Gasteiger partial charge in [-0.15, -0.1) is 10.2 Å². The number of aromatic nitrogens is 2. The largest absolute Gasteiger partial charge is 0.490 e. The molecule has 2 aromatic carbocycles. The van der Waals surface area contributed by atoms with Gasteiger partial charge >= 0.3 is 0 Å². The molecule has 29 heavy (non-hydrogen) atoms. The summed E-state index contributed by atoms with van der Waals surface area (Å²) in [6.07, 6.45) is 0.948. The molecule has 0 fully saturated rings. The lowest BCUT2D eigenvalue weighted by molar-refractivity contribution is -0.116. The Morgan fingerprint density at radius 2 is 1.76 bits per heavy atom. The van der Waals surface area contributed by atoms with E-state index in [0.717, 1.165) is 10.1 Å². The molecule has 0 spiro atoms. The molecule has 3 rings (SSSR count). The van der Waals surface area contributed by atoms with E-state index in [9.17, 15) is 4.79 Å². The predicted molar refractivity (Wildman–Crippen MR) is 117 cm³/mol. The third-order valence-electron chi connectivity index (χ3n) is 3.81. The van der Waals surface area contributed by atoms with E-state index in [1.165, 1.54) is 16.9 Å². The molecule has 0 aliphatic rings. The van der Waals surface area contributed by atoms with Gasteiger partial charge in [-0.3, -0.25) is 4.79 Å². The smallest absolute Gasteiger partial charge is 0.226 e. The lowest BCUT2D eigenvalue weighted by Gasteiger charge is -2.11. The van der Waals surface area contributed by atoms with Crippen LogP contribution in [0.1, 0.15) is 25.3 Å². The normalized spacial score (nSPS) is 10.5. The van der Waals surface area contributed by atoms with Crippen molar-refractivity contribution in [1.82, 2.24) is 10.2 Å². The number of rotatable bonds is 11. The number of nitrogens with zero attached hydrogens (tertiary/aromatic N) is 2. The van der Waals surface area contributed by atoms with E-state index in [4.69, 9.17) is 9.47 Å². The molecule has 0 unspecified atom stereocenters. The molecule has 0 bridgehead atoms. The number of nitrogens with one attached hydrogen (secondary N) is 1. The van der Waals surface area contributed by atoms with E-state index in [0.29, 0.717) is 42.7 Å². The highest BCUT2D eigenvalue weighted by atomic mass is 32.2. The zero-order valence-corrected chi connectivity index (χ0v) is 17.8. The molecule has 0 aliphatic carbocycles. The molecule has 1 amide bonds. The number of carbonyl (C=O) groups excluding carboxylic acids is 1. The Kier molecular flexibility index (Phi) is 8.33. The van der Waals surface area contributed by atoms with E-state index in [1.807, 2.05) is 49.4 Å². The third kappa shape index (κ3) is 7.07. The van der Waals surface area contributed by atoms with Crippen LogP contribution in [-0.4, -0.2) is 29.3 Å². The van der Waals surface area contributed by atoms with Gasteiger partial charge < -0.3 is 14.8 Å². The average molecular weight is 430 g/mol. The number of anilines is 1. The van der Waals surface area contributed by atoms with Crippen molar-refractivity contribution in [3.05, 3.63) is 60.2 Å². The van der Waals surface area contributed by atoms with E-state index >= 15 is 0 Å². The van der Waals surface area contributed by atoms with Crippen molar-refractivity contribution in [1.29, 1.82) is 0 Å². The van der Waals surface area contributed by atoms with Gasteiger partial charge in [0.05, 0.1) is 13.2 Å². The summed E-state index contributed by atoms with van der Waals surface area (Å²) in [6, 6.07) is 17.7. The monoisotopic (exact) mass is 429 g/mol. The molecular formula is C21H23N3O3S2. The van der Waals surface area contributed by atoms with Gasteiger partial charge in [-0.05, 0) is 31.0 Å². The van der Waals surface area contributed by atoms with Gasteiger partial charge in [0.1, 0.15) is 0 Å². The maximum atomic E-state index is 12.1. The van der Waals surface area contributed by atoms with E-state index in [1.54, 1.807) is 11.8 Å². The number of benzene rings is 2. The van der Waals surface area contributed by atoms with Crippen LogP contribution < -0.4 is 14.8 Å². The van der Waals surface area contributed by atoms with Crippen LogP contribution in [0.5, 0.6) is 11.5 Å². The third-order valence-corrected chi connectivity index (χ3v) is 5.86. The number of carbonyl (C=O) groups is 1. The number of hydrogen-bond acceptors (Lipinski definition) is 7. The van der Waals surface area contributed by atoms with Crippen LogP contribution in [0.25, 0.3) is 0 Å². The van der Waals surface area contributed by atoms with E-state index in [-0.39, 0.29) is 5.91 Å². The molecule has 8 heteroatoms. The zero-order valence-electron chi connectivity index (χ0n) is 16.2. The summed E-state index contributed by atoms with van der Waals surface area (Å²) >= 11 is 2.99. The van der Waals surface area contributed by atoms with Crippen molar-refractivity contribution in [2.24, 2.45) is 0 Å². The van der Waals surface area contributed by atoms with Gasteiger partial charge in [-0.1, -0.05) is 65.6 Å². The SMILES string of the molecule is CCOc1ccccc1OCCCC(=O)Nc1nnc(SCc2ccccc2)s1. The summed E-state index contributed by atoms with van der Waals surface area (Å²) in [5, 5.41) is 11.5. The molecule has 152 valence electrons. The fourth-order valence-electron chi connectivity index (χ4n) is 2.48. The van der Waals surface area contributed by atoms with Gasteiger partial charge in [0.2, 0.25) is 11.0 Å². The lowest BCUT2D eigenvalue weighted by atomic mass is 10.2. The molecule has 0 saturated heterocycles. The first-order valence-corrected chi connectivity index (χ1v) is 11.2. The summed E-state index contributed by atoms with van der Waals surface area (Å²) < 4.78 is 12.1. The Balaban J connectivity index is 1.37. The van der Waals surface area contributed by atoms with Crippen LogP contribution >= 0.6 is 23.1 Å². The molecule has 0 radical (unpaired) electrons. The molecule has 3 aromatic rings. The predicted octanol–water partition coefficient (Wildman–Crippen LogP) is 5.03. The van der Waals surface area contributed by atoms with E-state index < -0.39 is 0 Å². The fourth-order valence-corrected chi connectivity index (χ4v) is 4.20. The van der Waals surface area contributed by atoms with Gasteiger partial charge in [0.25, 0.3) is 0 Å². The Labute approximate surface area is 178 Å². The van der Waals surface area contributed by atoms with E-state index in [2.05, 4.69) is 27.6 Å². The molecule has 0 atom stereocenters. The van der Waals surface area contributed by atoms with Crippen molar-refractivity contribution < 1.29 is 14.3 Å². The number of para-hydroxylation sites is 2. The van der Waals surface area contributed by atoms with Crippen molar-refractivity contribution in [3.8, 4) is 11.5 Å². The molecule has 1 N–H and O–H groups in total. The first kappa shape index (κ1) is 21.1. The summed E-state index contributed by atoms with van der Waals surface area (Å²) in [5.41, 5.74) is 1.23. The summed E-state index contributed by atoms with van der Waals surface area (Å²) in [6.45, 7) is 2.95. The highest BCUT2D eigenvalue weighted by molar-refractivity contribution is 8.00. The quantitative estimate of drug-likeness (QED) is 0.262. The average Bonchev–Trinajstić information content (AvgIpc) is 3.19. The molecule has 1 aromatic heterocycles. The first-order valence-electron chi connectivity index (χ1n) is 9.39. The molecule has 0 saturated carbocycles. The number of thioether (sulfide) groups is 1. The van der Waals surface area contributed by atoms with Gasteiger partial charge in [-0.25, -0.2) is 0 Å². The Bertz CT molecular complexity index is 903. The van der Waals surface area contributed by atoms with Gasteiger partial charge in [0.15, 0.2) is 15.8 Å². The van der Waals surface area contributed by atoms with Crippen molar-refractivity contribution in [3.63, 3.8) is 0 Å². The van der Waals surface area contributed by atoms with Crippen LogP contribution in [0.4, 0.5) is 5.13 Å². The minimum absolute atomic E-state index is 0.0950. The van der Waals surface area contributed by atoms with Crippen LogP contribution in [0.15, 0.2) is 58.9 Å². The van der Waals surface area contributed by atoms with Crippen LogP contribution in [0.3, 0.4) is 0 Å². The molecule has 0 aliphatic heterocycles. The second kappa shape index (κ2) is 11.4. The van der Waals surface area contributed by atoms with Crippen LogP contribution in [0, 0.1) is 0 Å². The summed E-state index contributed by atoms with van der Waals surface area (Å²) in [5.74, 6) is 2.14. The zero-order chi connectivity index (χ0) is 20.3. The van der Waals surface area contributed by atoms with Crippen molar-refractivity contribution in [2.45, 2.75) is 29.9 Å². The molecular weight excluding hydrogens is 406 g/mol. The maximum absolute atomic E-state index is 12.1. The second-order valence-corrected chi connectivity index (χ2v) is 8.23. The second-order valence-electron chi connectivity index (χ2n) is 6.03. The fraction of sp³-hybridized carbons (Fsp3) is 0.286. The summed E-state index contributed by atoms with van der Waals surface area (Å²) in [7, 11) is 0. The minimum Gasteiger partial charge on any atom is -0.490 e. The number of amides is 1. The number of ether oxygens (including phenoxy) is 2. The standard InChI is InChI=1S/C21H23N3O3S2/c1-2-26-17-11-6-7-12-18(17)27-14-8-13-19(25)22-20-23-24-21(29-20)28-15-16-9-4-3-5-10-16/h3-7,9-12H,2,8,13-15H2,1H3,(H,22,23,25). The minimum atomic E-state index is -0.0950. The topological polar surface area (TPSA) is 73.3 Å². The molecule has 6 nitrogen and oxygen atoms in total. The Hall–Kier alpha value is -2.58. The van der Waals surface area contributed by atoms with Crippen molar-refractivity contribution in [2.75, 3.05) is 18.5 Å². The summed E-state index contributed by atoms with van der Waals surface area (Å²) in [4.78, 5) is 12.1. The highest BCUT2D eigenvalue weighted by Gasteiger charge is 2.09. The molecule has 1 heterocycles. The van der Waals surface area contributed by atoms with Crippen LogP contribution in [0.2, 0.25) is 0 Å². The highest BCUT2D eigenvalue weighted by Crippen LogP contribution is 2.28. The lowest BCUT2D eigenvalue weighted by Crippen LogP contribution is -2.12. The van der Waals surface area contributed by atoms with Gasteiger partial charge in [0, 0.05) is 12.2 Å². The number of hydrogen-bond donors (Lipinski definition) is 1. The van der Waals surface area contributed by atoms with Crippen molar-refractivity contribution >= 4 is 34.1 Å².